The summed E-state index contributed by atoms with van der Waals surface area (Å²) in [5, 5.41) is 0.470. The van der Waals surface area contributed by atoms with Crippen molar-refractivity contribution in [3.05, 3.63) is 48.3 Å². The third-order valence-electron chi connectivity index (χ3n) is 5.70. The lowest BCUT2D eigenvalue weighted by atomic mass is 9.92. The van der Waals surface area contributed by atoms with Crippen molar-refractivity contribution in [3.63, 3.8) is 0 Å². The average molecular weight is 496 g/mol. The molecule has 2 aromatic heterocycles. The number of aromatic nitrogens is 2. The zero-order valence-electron chi connectivity index (χ0n) is 18.9. The number of alkyl halides is 3. The molecule has 4 rings (SSSR count). The van der Waals surface area contributed by atoms with E-state index in [-0.39, 0.29) is 10.5 Å². The van der Waals surface area contributed by atoms with Crippen LogP contribution in [0.15, 0.2) is 47.5 Å². The summed E-state index contributed by atoms with van der Waals surface area (Å²) < 4.78 is 66.6. The van der Waals surface area contributed by atoms with E-state index in [0.29, 0.717) is 35.3 Å². The first-order valence-electron chi connectivity index (χ1n) is 10.7. The summed E-state index contributed by atoms with van der Waals surface area (Å²) in [6, 6.07) is 9.63. The Balaban J connectivity index is 1.79. The van der Waals surface area contributed by atoms with Crippen LogP contribution in [0.25, 0.3) is 22.2 Å². The molecule has 34 heavy (non-hydrogen) atoms. The molecule has 1 saturated heterocycles. The van der Waals surface area contributed by atoms with E-state index < -0.39 is 27.6 Å². The van der Waals surface area contributed by atoms with Gasteiger partial charge in [0.15, 0.2) is 5.65 Å². The van der Waals surface area contributed by atoms with Crippen molar-refractivity contribution in [2.24, 2.45) is 0 Å². The van der Waals surface area contributed by atoms with E-state index in [2.05, 4.69) is 4.98 Å². The largest absolute Gasteiger partial charge is 0.493 e. The molecule has 0 unspecified atom stereocenters. The van der Waals surface area contributed by atoms with Gasteiger partial charge in [-0.15, -0.1) is 0 Å². The molecule has 1 fully saturated rings. The highest BCUT2D eigenvalue weighted by molar-refractivity contribution is 7.89. The molecule has 11 heteroatoms. The molecule has 0 radical (unpaired) electrons. The summed E-state index contributed by atoms with van der Waals surface area (Å²) in [6.07, 6.45) is -2.10. The molecule has 7 nitrogen and oxygen atoms in total. The van der Waals surface area contributed by atoms with Gasteiger partial charge in [-0.3, -0.25) is 0 Å². The Bertz CT molecular complexity index is 1330. The number of halogens is 3. The Kier molecular flexibility index (Phi) is 5.97. The van der Waals surface area contributed by atoms with E-state index in [1.807, 2.05) is 0 Å². The number of carbonyl (C=O) groups is 1. The molecule has 1 aliphatic heterocycles. The normalized spacial score (nSPS) is 15.7. The Hall–Kier alpha value is -2.92. The summed E-state index contributed by atoms with van der Waals surface area (Å²) in [5.41, 5.74) is 0.967. The van der Waals surface area contributed by atoms with Crippen LogP contribution in [0, 0.1) is 0 Å². The van der Waals surface area contributed by atoms with E-state index in [9.17, 15) is 26.4 Å². The highest BCUT2D eigenvalue weighted by Gasteiger charge is 2.43. The molecule has 3 heterocycles. The van der Waals surface area contributed by atoms with E-state index >= 15 is 0 Å². The number of nitrogens with zero attached hydrogens (tertiary/aromatic N) is 3. The fourth-order valence-corrected chi connectivity index (χ4v) is 5.48. The molecule has 0 aliphatic carbocycles. The van der Waals surface area contributed by atoms with Crippen LogP contribution in [-0.4, -0.2) is 47.7 Å². The second-order valence-corrected chi connectivity index (χ2v) is 11.1. The minimum absolute atomic E-state index is 0.0498. The van der Waals surface area contributed by atoms with Crippen LogP contribution in [0.5, 0.6) is 0 Å². The van der Waals surface area contributed by atoms with Gasteiger partial charge in [-0.25, -0.2) is 18.2 Å². The Morgan fingerprint density at radius 2 is 1.65 bits per heavy atom. The van der Waals surface area contributed by atoms with Gasteiger partial charge >= 0.3 is 12.1 Å². The summed E-state index contributed by atoms with van der Waals surface area (Å²) in [5.74, 6) is -2.35. The van der Waals surface area contributed by atoms with Crippen LogP contribution in [0.1, 0.15) is 39.3 Å². The highest BCUT2D eigenvalue weighted by atomic mass is 32.2. The van der Waals surface area contributed by atoms with Crippen LogP contribution in [0.4, 0.5) is 13.2 Å². The first kappa shape index (κ1) is 24.2. The number of fused-ring (bicyclic) bond motifs is 1. The van der Waals surface area contributed by atoms with Gasteiger partial charge in [0.05, 0.1) is 10.6 Å². The quantitative estimate of drug-likeness (QED) is 0.539. The van der Waals surface area contributed by atoms with Crippen LogP contribution < -0.4 is 4.84 Å². The molecular weight excluding hydrogens is 471 g/mol. The van der Waals surface area contributed by atoms with Gasteiger partial charge in [-0.05, 0) is 48.2 Å². The van der Waals surface area contributed by atoms with Crippen molar-refractivity contribution < 1.29 is 31.2 Å². The predicted molar refractivity (Wildman–Crippen MR) is 120 cm³/mol. The van der Waals surface area contributed by atoms with E-state index in [1.165, 1.54) is 22.6 Å². The summed E-state index contributed by atoms with van der Waals surface area (Å²) in [7, 11) is -3.58. The van der Waals surface area contributed by atoms with Gasteiger partial charge in [0.25, 0.3) is 0 Å². The number of benzene rings is 1. The molecule has 0 N–H and O–H groups in total. The zero-order chi connectivity index (χ0) is 24.9. The predicted octanol–water partition coefficient (Wildman–Crippen LogP) is 4.30. The molecule has 3 aromatic rings. The number of hydrogen-bond acceptors (Lipinski definition) is 5. The highest BCUT2D eigenvalue weighted by Crippen LogP contribution is 2.35. The SMILES string of the molecule is CC(C)(C)c1cc2c(-c3ccc(S(=O)(=O)N4CCCC4)cc3)ccnc2n1OC(=O)C(F)(F)F. The Morgan fingerprint density at radius 3 is 2.21 bits per heavy atom. The van der Waals surface area contributed by atoms with Crippen molar-refractivity contribution in [1.82, 2.24) is 14.0 Å². The van der Waals surface area contributed by atoms with Gasteiger partial charge < -0.3 is 4.84 Å². The average Bonchev–Trinajstić information content (AvgIpc) is 3.42. The van der Waals surface area contributed by atoms with Crippen LogP contribution in [0.2, 0.25) is 0 Å². The molecule has 0 amide bonds. The number of sulfonamides is 1. The Morgan fingerprint density at radius 1 is 1.03 bits per heavy atom. The van der Waals surface area contributed by atoms with E-state index in [4.69, 9.17) is 4.84 Å². The van der Waals surface area contributed by atoms with Crippen LogP contribution in [-0.2, 0) is 20.2 Å². The molecule has 0 saturated carbocycles. The lowest BCUT2D eigenvalue weighted by Crippen LogP contribution is -2.35. The van der Waals surface area contributed by atoms with Crippen molar-refractivity contribution in [3.8, 4) is 11.1 Å². The smallest absolute Gasteiger partial charge is 0.326 e. The summed E-state index contributed by atoms with van der Waals surface area (Å²) >= 11 is 0. The molecule has 0 spiro atoms. The lowest BCUT2D eigenvalue weighted by molar-refractivity contribution is -0.199. The molecule has 1 aliphatic rings. The fraction of sp³-hybridized carbons (Fsp3) is 0.391. The van der Waals surface area contributed by atoms with Gasteiger partial charge in [-0.2, -0.15) is 22.2 Å². The summed E-state index contributed by atoms with van der Waals surface area (Å²) in [6.45, 7) is 6.31. The maximum atomic E-state index is 12.9. The minimum atomic E-state index is -5.17. The third-order valence-corrected chi connectivity index (χ3v) is 7.62. The van der Waals surface area contributed by atoms with E-state index in [0.717, 1.165) is 17.6 Å². The third kappa shape index (κ3) is 4.41. The van der Waals surface area contributed by atoms with Crippen molar-refractivity contribution >= 4 is 27.0 Å². The Labute approximate surface area is 195 Å². The van der Waals surface area contributed by atoms with Crippen LogP contribution in [0.3, 0.4) is 0 Å². The van der Waals surface area contributed by atoms with Gasteiger partial charge in [0.1, 0.15) is 0 Å². The molecular formula is C23H24F3N3O4S. The first-order chi connectivity index (χ1) is 15.8. The summed E-state index contributed by atoms with van der Waals surface area (Å²) in [4.78, 5) is 20.6. The second-order valence-electron chi connectivity index (χ2n) is 9.18. The lowest BCUT2D eigenvalue weighted by Gasteiger charge is -2.20. The monoisotopic (exact) mass is 495 g/mol. The fourth-order valence-electron chi connectivity index (χ4n) is 3.96. The second kappa shape index (κ2) is 8.38. The number of rotatable bonds is 4. The molecule has 0 atom stereocenters. The van der Waals surface area contributed by atoms with Gasteiger partial charge in [-0.1, -0.05) is 32.9 Å². The maximum Gasteiger partial charge on any atom is 0.493 e. The van der Waals surface area contributed by atoms with Crippen molar-refractivity contribution in [1.29, 1.82) is 0 Å². The standard InChI is InChI=1S/C23H24F3N3O4S/c1-22(2,3)19-14-18-17(10-11-27-20(18)29(19)33-21(30)23(24,25)26)15-6-8-16(9-7-15)34(31,32)28-12-4-5-13-28/h6-11,14H,4-5,12-13H2,1-3H3. The zero-order valence-corrected chi connectivity index (χ0v) is 19.7. The number of carbonyl (C=O) groups excluding carboxylic acids is 1. The molecule has 182 valence electrons. The van der Waals surface area contributed by atoms with Gasteiger partial charge in [0, 0.05) is 30.1 Å². The van der Waals surface area contributed by atoms with Gasteiger partial charge in [0.2, 0.25) is 10.0 Å². The van der Waals surface area contributed by atoms with Crippen LogP contribution >= 0.6 is 0 Å². The molecule has 0 bridgehead atoms. The number of hydrogen-bond donors (Lipinski definition) is 0. The molecule has 1 aromatic carbocycles. The van der Waals surface area contributed by atoms with Crippen molar-refractivity contribution in [2.45, 2.75) is 50.1 Å². The topological polar surface area (TPSA) is 81.5 Å². The van der Waals surface area contributed by atoms with Crippen molar-refractivity contribution in [2.75, 3.05) is 13.1 Å². The first-order valence-corrected chi connectivity index (χ1v) is 12.2. The number of pyridine rings is 1. The maximum absolute atomic E-state index is 12.9. The van der Waals surface area contributed by atoms with E-state index in [1.54, 1.807) is 45.0 Å². The minimum Gasteiger partial charge on any atom is -0.326 e.